The van der Waals surface area contributed by atoms with Crippen molar-refractivity contribution in [2.24, 2.45) is 0 Å². The van der Waals surface area contributed by atoms with E-state index in [0.29, 0.717) is 11.6 Å². The van der Waals surface area contributed by atoms with E-state index in [1.54, 1.807) is 6.07 Å². The van der Waals surface area contributed by atoms with Crippen molar-refractivity contribution in [1.29, 1.82) is 0 Å². The molecule has 4 nitrogen and oxygen atoms in total. The first-order valence-electron chi connectivity index (χ1n) is 6.44. The fourth-order valence-electron chi connectivity index (χ4n) is 2.20. The highest BCUT2D eigenvalue weighted by molar-refractivity contribution is 7.92. The van der Waals surface area contributed by atoms with E-state index in [9.17, 15) is 13.5 Å². The molecule has 0 spiro atoms. The lowest BCUT2D eigenvalue weighted by Crippen LogP contribution is -2.44. The van der Waals surface area contributed by atoms with Crippen molar-refractivity contribution < 1.29 is 18.3 Å². The monoisotopic (exact) mass is 318 g/mol. The molecule has 112 valence electrons. The first kappa shape index (κ1) is 15.6. The lowest BCUT2D eigenvalue weighted by molar-refractivity contribution is 0.137. The van der Waals surface area contributed by atoms with E-state index in [2.05, 4.69) is 0 Å². The molecule has 2 rings (SSSR count). The molecule has 0 aliphatic carbocycles. The number of halogens is 1. The van der Waals surface area contributed by atoms with Crippen LogP contribution in [0.1, 0.15) is 25.0 Å². The Morgan fingerprint density at radius 1 is 1.45 bits per heavy atom. The van der Waals surface area contributed by atoms with Gasteiger partial charge < -0.3 is 9.84 Å². The van der Waals surface area contributed by atoms with Gasteiger partial charge in [0.2, 0.25) is 0 Å². The van der Waals surface area contributed by atoms with Crippen molar-refractivity contribution >= 4 is 21.4 Å². The van der Waals surface area contributed by atoms with Crippen molar-refractivity contribution in [3.05, 3.63) is 28.3 Å². The summed E-state index contributed by atoms with van der Waals surface area (Å²) >= 11 is 6.06. The molecule has 1 unspecified atom stereocenters. The van der Waals surface area contributed by atoms with E-state index >= 15 is 0 Å². The molecule has 1 atom stereocenters. The maximum absolute atomic E-state index is 11.8. The molecule has 0 fully saturated rings. The fraction of sp³-hybridized carbons (Fsp3) is 0.571. The van der Waals surface area contributed by atoms with E-state index in [-0.39, 0.29) is 6.42 Å². The van der Waals surface area contributed by atoms with Crippen LogP contribution < -0.4 is 4.74 Å². The Morgan fingerprint density at radius 2 is 2.10 bits per heavy atom. The zero-order valence-corrected chi connectivity index (χ0v) is 13.4. The predicted octanol–water partition coefficient (Wildman–Crippen LogP) is 2.00. The first-order chi connectivity index (χ1) is 9.13. The van der Waals surface area contributed by atoms with Crippen LogP contribution in [0.4, 0.5) is 0 Å². The second-order valence-corrected chi connectivity index (χ2v) is 8.78. The van der Waals surface area contributed by atoms with Crippen LogP contribution in [0, 0.1) is 0 Å². The molecular formula is C14H19ClO4S. The molecule has 1 aromatic carbocycles. The average molecular weight is 319 g/mol. The molecule has 0 saturated heterocycles. The molecule has 20 heavy (non-hydrogen) atoms. The number of benzene rings is 1. The van der Waals surface area contributed by atoms with Crippen LogP contribution in [0.15, 0.2) is 12.1 Å². The molecule has 0 radical (unpaired) electrons. The number of hydrogen-bond donors (Lipinski definition) is 1. The summed E-state index contributed by atoms with van der Waals surface area (Å²) in [6.07, 6.45) is 1.09. The summed E-state index contributed by atoms with van der Waals surface area (Å²) in [7, 11) is -3.37. The van der Waals surface area contributed by atoms with E-state index in [1.807, 2.05) is 6.07 Å². The molecule has 1 heterocycles. The first-order valence-corrected chi connectivity index (χ1v) is 8.71. The van der Waals surface area contributed by atoms with E-state index in [0.717, 1.165) is 29.6 Å². The summed E-state index contributed by atoms with van der Waals surface area (Å²) < 4.78 is 27.9. The van der Waals surface area contributed by atoms with Gasteiger partial charge in [0, 0.05) is 24.1 Å². The van der Waals surface area contributed by atoms with Crippen LogP contribution >= 0.6 is 11.6 Å². The van der Waals surface area contributed by atoms with Gasteiger partial charge in [-0.15, -0.1) is 0 Å². The third-order valence-electron chi connectivity index (χ3n) is 4.00. The van der Waals surface area contributed by atoms with Crippen molar-refractivity contribution in [2.75, 3.05) is 12.9 Å². The zero-order chi connectivity index (χ0) is 15.1. The Kier molecular flexibility index (Phi) is 4.06. The average Bonchev–Trinajstić information content (AvgIpc) is 2.75. The normalized spacial score (nSPS) is 16.6. The second-order valence-electron chi connectivity index (χ2n) is 5.75. The largest absolute Gasteiger partial charge is 0.493 e. The van der Waals surface area contributed by atoms with Crippen LogP contribution in [0.25, 0.3) is 0 Å². The molecule has 1 aromatic rings. The molecule has 6 heteroatoms. The molecule has 0 aromatic heterocycles. The van der Waals surface area contributed by atoms with Crippen LogP contribution in [0.3, 0.4) is 0 Å². The molecule has 0 amide bonds. The van der Waals surface area contributed by atoms with E-state index in [1.165, 1.54) is 13.8 Å². The van der Waals surface area contributed by atoms with Crippen LogP contribution in [0.2, 0.25) is 5.02 Å². The highest BCUT2D eigenvalue weighted by atomic mass is 35.5. The number of rotatable bonds is 4. The quantitative estimate of drug-likeness (QED) is 0.922. The van der Waals surface area contributed by atoms with Gasteiger partial charge in [0.1, 0.15) is 5.75 Å². The third-order valence-corrected chi connectivity index (χ3v) is 6.40. The molecule has 1 aliphatic rings. The summed E-state index contributed by atoms with van der Waals surface area (Å²) in [5, 5.41) is 10.9. The van der Waals surface area contributed by atoms with Gasteiger partial charge in [-0.25, -0.2) is 8.42 Å². The summed E-state index contributed by atoms with van der Waals surface area (Å²) in [5.41, 5.74) is 1.77. The van der Waals surface area contributed by atoms with Crippen LogP contribution in [-0.2, 0) is 22.7 Å². The zero-order valence-electron chi connectivity index (χ0n) is 11.8. The number of aliphatic hydroxyl groups excluding tert-OH is 1. The Hall–Kier alpha value is -0.780. The number of aliphatic hydroxyl groups is 1. The van der Waals surface area contributed by atoms with Crippen molar-refractivity contribution in [1.82, 2.24) is 0 Å². The molecule has 1 aliphatic heterocycles. The van der Waals surface area contributed by atoms with Gasteiger partial charge in [-0.1, -0.05) is 11.6 Å². The van der Waals surface area contributed by atoms with E-state index < -0.39 is 20.7 Å². The minimum absolute atomic E-state index is 0.197. The maximum atomic E-state index is 11.8. The van der Waals surface area contributed by atoms with Gasteiger partial charge in [-0.05, 0) is 37.1 Å². The molecule has 0 saturated carbocycles. The summed E-state index contributed by atoms with van der Waals surface area (Å²) in [5.74, 6) is 0.734. The minimum atomic E-state index is -3.37. The summed E-state index contributed by atoms with van der Waals surface area (Å²) in [4.78, 5) is 0. The number of sulfone groups is 1. The molecule has 1 N–H and O–H groups in total. The topological polar surface area (TPSA) is 63.6 Å². The number of fused-ring (bicyclic) bond motifs is 1. The summed E-state index contributed by atoms with van der Waals surface area (Å²) in [6.45, 7) is 3.64. The highest BCUT2D eigenvalue weighted by Crippen LogP contribution is 2.35. The molecular weight excluding hydrogens is 300 g/mol. The lowest BCUT2D eigenvalue weighted by Gasteiger charge is -2.29. The van der Waals surface area contributed by atoms with E-state index in [4.69, 9.17) is 16.3 Å². The van der Waals surface area contributed by atoms with Crippen molar-refractivity contribution in [2.45, 2.75) is 37.5 Å². The Morgan fingerprint density at radius 3 is 2.70 bits per heavy atom. The second kappa shape index (κ2) is 5.20. The van der Waals surface area contributed by atoms with Crippen molar-refractivity contribution in [3.8, 4) is 5.75 Å². The number of ether oxygens (including phenoxy) is 1. The van der Waals surface area contributed by atoms with Gasteiger partial charge in [0.05, 0.1) is 17.5 Å². The molecule has 0 bridgehead atoms. The smallest absolute Gasteiger partial charge is 0.155 e. The third kappa shape index (κ3) is 2.80. The van der Waals surface area contributed by atoms with Gasteiger partial charge >= 0.3 is 0 Å². The SMILES string of the molecule is CC(C)(C(O)Cc1cc(Cl)cc2c1OCC2)S(C)(=O)=O. The van der Waals surface area contributed by atoms with Crippen LogP contribution in [-0.4, -0.2) is 37.2 Å². The van der Waals surface area contributed by atoms with Crippen LogP contribution in [0.5, 0.6) is 5.75 Å². The van der Waals surface area contributed by atoms with Gasteiger partial charge in [0.25, 0.3) is 0 Å². The predicted molar refractivity (Wildman–Crippen MR) is 79.3 cm³/mol. The number of hydrogen-bond acceptors (Lipinski definition) is 4. The Balaban J connectivity index is 2.32. The lowest BCUT2D eigenvalue weighted by atomic mass is 9.96. The highest BCUT2D eigenvalue weighted by Gasteiger charge is 2.38. The standard InChI is InChI=1S/C14H19ClO4S/c1-14(2,20(3,17)18)12(16)8-10-7-11(15)6-9-4-5-19-13(9)10/h6-7,12,16H,4-5,8H2,1-3H3. The van der Waals surface area contributed by atoms with Crippen molar-refractivity contribution in [3.63, 3.8) is 0 Å². The van der Waals surface area contributed by atoms with Gasteiger partial charge in [0.15, 0.2) is 9.84 Å². The Bertz CT molecular complexity index is 622. The minimum Gasteiger partial charge on any atom is -0.493 e. The Labute approximate surface area is 124 Å². The maximum Gasteiger partial charge on any atom is 0.155 e. The van der Waals surface area contributed by atoms with Gasteiger partial charge in [-0.3, -0.25) is 0 Å². The van der Waals surface area contributed by atoms with Gasteiger partial charge in [-0.2, -0.15) is 0 Å². The fourth-order valence-corrected chi connectivity index (χ4v) is 3.04. The summed E-state index contributed by atoms with van der Waals surface area (Å²) in [6, 6.07) is 3.58.